The maximum absolute atomic E-state index is 11.9. The van der Waals surface area contributed by atoms with Crippen molar-refractivity contribution in [3.63, 3.8) is 0 Å². The highest BCUT2D eigenvalue weighted by atomic mass is 16.5. The van der Waals surface area contributed by atoms with Crippen LogP contribution in [0.2, 0.25) is 0 Å². The number of hydrogen-bond acceptors (Lipinski definition) is 3. The zero-order valence-corrected chi connectivity index (χ0v) is 10.8. The van der Waals surface area contributed by atoms with Crippen LogP contribution in [0.1, 0.15) is 34.7 Å². The Kier molecular flexibility index (Phi) is 2.85. The Morgan fingerprint density at radius 1 is 1.37 bits per heavy atom. The van der Waals surface area contributed by atoms with Crippen molar-refractivity contribution in [2.45, 2.75) is 25.2 Å². The zero-order chi connectivity index (χ0) is 13.3. The minimum atomic E-state index is -0.168. The molecule has 0 unspecified atom stereocenters. The molecule has 0 spiro atoms. The van der Waals surface area contributed by atoms with Crippen LogP contribution < -0.4 is 5.32 Å². The van der Waals surface area contributed by atoms with Gasteiger partial charge in [-0.1, -0.05) is 35.5 Å². The van der Waals surface area contributed by atoms with Gasteiger partial charge in [0.05, 0.1) is 0 Å². The van der Waals surface area contributed by atoms with Gasteiger partial charge in [-0.2, -0.15) is 0 Å². The van der Waals surface area contributed by atoms with Gasteiger partial charge in [0.15, 0.2) is 5.69 Å². The van der Waals surface area contributed by atoms with Crippen LogP contribution in [0.4, 0.5) is 0 Å². The first-order valence-corrected chi connectivity index (χ1v) is 6.47. The van der Waals surface area contributed by atoms with E-state index in [4.69, 9.17) is 4.52 Å². The third kappa shape index (κ3) is 2.38. The number of nitrogens with zero attached hydrogens (tertiary/aromatic N) is 1. The number of nitrogens with one attached hydrogen (secondary N) is 1. The second kappa shape index (κ2) is 4.53. The molecule has 4 heteroatoms. The predicted molar refractivity (Wildman–Crippen MR) is 70.9 cm³/mol. The highest BCUT2D eigenvalue weighted by Crippen LogP contribution is 2.47. The molecule has 1 amide bonds. The number of amides is 1. The van der Waals surface area contributed by atoms with Gasteiger partial charge in [-0.25, -0.2) is 0 Å². The molecule has 19 heavy (non-hydrogen) atoms. The highest BCUT2D eigenvalue weighted by Gasteiger charge is 2.44. The number of carbonyl (C=O) groups excluding carboxylic acids is 1. The fraction of sp³-hybridized carbons (Fsp3) is 0.333. The highest BCUT2D eigenvalue weighted by molar-refractivity contribution is 5.92. The number of aryl methyl sites for hydroxylation is 1. The van der Waals surface area contributed by atoms with Crippen molar-refractivity contribution in [1.82, 2.24) is 10.5 Å². The lowest BCUT2D eigenvalue weighted by Gasteiger charge is -2.15. The molecule has 1 N–H and O–H groups in total. The molecule has 0 aliphatic heterocycles. The number of hydrogen-bond donors (Lipinski definition) is 1. The first-order chi connectivity index (χ1) is 9.20. The summed E-state index contributed by atoms with van der Waals surface area (Å²) in [6, 6.07) is 12.0. The molecule has 1 aromatic heterocycles. The van der Waals surface area contributed by atoms with E-state index in [1.54, 1.807) is 13.0 Å². The summed E-state index contributed by atoms with van der Waals surface area (Å²) >= 11 is 0. The van der Waals surface area contributed by atoms with E-state index in [9.17, 15) is 4.79 Å². The van der Waals surface area contributed by atoms with E-state index in [2.05, 4.69) is 22.6 Å². The van der Waals surface area contributed by atoms with Gasteiger partial charge in [0, 0.05) is 18.0 Å². The lowest BCUT2D eigenvalue weighted by Crippen LogP contribution is -2.32. The number of rotatable bonds is 4. The van der Waals surface area contributed by atoms with Gasteiger partial charge in [-0.05, 0) is 25.3 Å². The Morgan fingerprint density at radius 2 is 2.11 bits per heavy atom. The molecular formula is C15H16N2O2. The van der Waals surface area contributed by atoms with E-state index in [1.807, 2.05) is 18.2 Å². The van der Waals surface area contributed by atoms with Crippen LogP contribution >= 0.6 is 0 Å². The van der Waals surface area contributed by atoms with Crippen molar-refractivity contribution in [2.24, 2.45) is 0 Å². The van der Waals surface area contributed by atoms with Gasteiger partial charge in [-0.15, -0.1) is 0 Å². The molecule has 1 aromatic carbocycles. The number of benzene rings is 1. The quantitative estimate of drug-likeness (QED) is 0.914. The van der Waals surface area contributed by atoms with E-state index >= 15 is 0 Å². The van der Waals surface area contributed by atoms with Crippen LogP contribution in [-0.4, -0.2) is 17.6 Å². The largest absolute Gasteiger partial charge is 0.361 e. The summed E-state index contributed by atoms with van der Waals surface area (Å²) in [6.45, 7) is 2.43. The average Bonchev–Trinajstić information content (AvgIpc) is 3.12. The Labute approximate surface area is 111 Å². The van der Waals surface area contributed by atoms with Gasteiger partial charge in [-0.3, -0.25) is 4.79 Å². The van der Waals surface area contributed by atoms with Crippen LogP contribution in [0, 0.1) is 6.92 Å². The monoisotopic (exact) mass is 256 g/mol. The lowest BCUT2D eigenvalue weighted by molar-refractivity contribution is 0.0940. The van der Waals surface area contributed by atoms with Gasteiger partial charge in [0.25, 0.3) is 5.91 Å². The first kappa shape index (κ1) is 12.0. The predicted octanol–water partition coefficient (Wildman–Crippen LogP) is 2.44. The van der Waals surface area contributed by atoms with Gasteiger partial charge >= 0.3 is 0 Å². The smallest absolute Gasteiger partial charge is 0.273 e. The van der Waals surface area contributed by atoms with Crippen LogP contribution in [0.15, 0.2) is 40.9 Å². The number of carbonyl (C=O) groups is 1. The molecule has 4 nitrogen and oxygen atoms in total. The Morgan fingerprint density at radius 3 is 2.68 bits per heavy atom. The van der Waals surface area contributed by atoms with Crippen molar-refractivity contribution in [3.05, 3.63) is 53.4 Å². The normalized spacial score (nSPS) is 16.1. The van der Waals surface area contributed by atoms with E-state index in [1.165, 1.54) is 5.56 Å². The molecule has 1 heterocycles. The Bertz CT molecular complexity index is 585. The van der Waals surface area contributed by atoms with E-state index in [0.717, 1.165) is 12.8 Å². The second-order valence-corrected chi connectivity index (χ2v) is 5.15. The van der Waals surface area contributed by atoms with E-state index in [-0.39, 0.29) is 11.3 Å². The molecular weight excluding hydrogens is 240 g/mol. The molecule has 1 fully saturated rings. The second-order valence-electron chi connectivity index (χ2n) is 5.15. The van der Waals surface area contributed by atoms with Gasteiger partial charge in [0.2, 0.25) is 0 Å². The molecule has 1 saturated carbocycles. The summed E-state index contributed by atoms with van der Waals surface area (Å²) in [5.74, 6) is 0.480. The number of aromatic nitrogens is 1. The molecule has 0 atom stereocenters. The van der Waals surface area contributed by atoms with Crippen LogP contribution in [-0.2, 0) is 5.41 Å². The summed E-state index contributed by atoms with van der Waals surface area (Å²) in [6.07, 6.45) is 2.24. The molecule has 2 aromatic rings. The lowest BCUT2D eigenvalue weighted by atomic mass is 9.96. The maximum atomic E-state index is 11.9. The topological polar surface area (TPSA) is 55.1 Å². The Hall–Kier alpha value is -2.10. The first-order valence-electron chi connectivity index (χ1n) is 6.47. The third-order valence-electron chi connectivity index (χ3n) is 3.69. The minimum Gasteiger partial charge on any atom is -0.361 e. The summed E-state index contributed by atoms with van der Waals surface area (Å²) < 4.78 is 4.91. The van der Waals surface area contributed by atoms with Crippen molar-refractivity contribution in [2.75, 3.05) is 6.54 Å². The molecule has 3 rings (SSSR count). The summed E-state index contributed by atoms with van der Waals surface area (Å²) in [5.41, 5.74) is 1.77. The van der Waals surface area contributed by atoms with Crippen molar-refractivity contribution in [3.8, 4) is 0 Å². The van der Waals surface area contributed by atoms with Crippen LogP contribution in [0.25, 0.3) is 0 Å². The van der Waals surface area contributed by atoms with E-state index in [0.29, 0.717) is 18.0 Å². The van der Waals surface area contributed by atoms with E-state index < -0.39 is 0 Å². The van der Waals surface area contributed by atoms with Crippen molar-refractivity contribution < 1.29 is 9.32 Å². The summed E-state index contributed by atoms with van der Waals surface area (Å²) in [5, 5.41) is 6.67. The fourth-order valence-corrected chi connectivity index (χ4v) is 2.32. The Balaban J connectivity index is 1.65. The summed E-state index contributed by atoms with van der Waals surface area (Å²) in [4.78, 5) is 11.9. The van der Waals surface area contributed by atoms with Crippen molar-refractivity contribution >= 4 is 5.91 Å². The standard InChI is InChI=1S/C15H16N2O2/c1-11-9-13(17-19-11)14(18)16-10-15(7-8-15)12-5-3-2-4-6-12/h2-6,9H,7-8,10H2,1H3,(H,16,18). The molecule has 0 saturated heterocycles. The maximum Gasteiger partial charge on any atom is 0.273 e. The van der Waals surface area contributed by atoms with Crippen LogP contribution in [0.3, 0.4) is 0 Å². The zero-order valence-electron chi connectivity index (χ0n) is 10.8. The minimum absolute atomic E-state index is 0.121. The third-order valence-corrected chi connectivity index (χ3v) is 3.69. The van der Waals surface area contributed by atoms with Crippen molar-refractivity contribution in [1.29, 1.82) is 0 Å². The molecule has 98 valence electrons. The molecule has 1 aliphatic rings. The van der Waals surface area contributed by atoms with Gasteiger partial charge in [0.1, 0.15) is 5.76 Å². The van der Waals surface area contributed by atoms with Crippen LogP contribution in [0.5, 0.6) is 0 Å². The summed E-state index contributed by atoms with van der Waals surface area (Å²) in [7, 11) is 0. The molecule has 0 bridgehead atoms. The average molecular weight is 256 g/mol. The fourth-order valence-electron chi connectivity index (χ4n) is 2.32. The molecule has 1 aliphatic carbocycles. The SMILES string of the molecule is Cc1cc(C(=O)NCC2(c3ccccc3)CC2)no1. The molecule has 0 radical (unpaired) electrons. The van der Waals surface area contributed by atoms with Gasteiger partial charge < -0.3 is 9.84 Å².